The zero-order valence-electron chi connectivity index (χ0n) is 14.2. The van der Waals surface area contributed by atoms with E-state index < -0.39 is 17.6 Å². The van der Waals surface area contributed by atoms with E-state index in [0.29, 0.717) is 23.2 Å². The minimum atomic E-state index is -4.57. The molecule has 1 aromatic heterocycles. The van der Waals surface area contributed by atoms with Crippen LogP contribution in [0.25, 0.3) is 11.5 Å². The number of hydrogen-bond donors (Lipinski definition) is 1. The SMILES string of the molecule is O=C(NCCc1coc(-c2ccc(F)cc2)n1)c1cc(C(F)(F)F)ccc1Cl. The lowest BCUT2D eigenvalue weighted by atomic mass is 10.1. The fraction of sp³-hybridized carbons (Fsp3) is 0.158. The minimum Gasteiger partial charge on any atom is -0.444 e. The molecule has 0 bridgehead atoms. The van der Waals surface area contributed by atoms with E-state index in [1.807, 2.05) is 0 Å². The molecule has 1 amide bonds. The van der Waals surface area contributed by atoms with Crippen LogP contribution in [0.4, 0.5) is 17.6 Å². The molecule has 1 heterocycles. The van der Waals surface area contributed by atoms with Gasteiger partial charge in [-0.05, 0) is 42.5 Å². The second kappa shape index (κ2) is 8.02. The fourth-order valence-electron chi connectivity index (χ4n) is 2.42. The van der Waals surface area contributed by atoms with E-state index in [9.17, 15) is 22.4 Å². The predicted molar refractivity (Wildman–Crippen MR) is 94.4 cm³/mol. The number of alkyl halides is 3. The van der Waals surface area contributed by atoms with E-state index in [1.165, 1.54) is 30.5 Å². The molecular formula is C19H13ClF4N2O2. The molecule has 9 heteroatoms. The molecule has 0 saturated carbocycles. The molecule has 4 nitrogen and oxygen atoms in total. The molecule has 146 valence electrons. The highest BCUT2D eigenvalue weighted by Crippen LogP contribution is 2.31. The summed E-state index contributed by atoms with van der Waals surface area (Å²) in [5.74, 6) is -0.813. The summed E-state index contributed by atoms with van der Waals surface area (Å²) in [6.45, 7) is 0.112. The second-order valence-electron chi connectivity index (χ2n) is 5.85. The Morgan fingerprint density at radius 2 is 1.86 bits per heavy atom. The van der Waals surface area contributed by atoms with E-state index in [4.69, 9.17) is 16.0 Å². The summed E-state index contributed by atoms with van der Waals surface area (Å²) in [7, 11) is 0. The number of oxazole rings is 1. The van der Waals surface area contributed by atoms with Gasteiger partial charge in [-0.15, -0.1) is 0 Å². The molecule has 28 heavy (non-hydrogen) atoms. The van der Waals surface area contributed by atoms with Crippen LogP contribution < -0.4 is 5.32 Å². The zero-order valence-corrected chi connectivity index (χ0v) is 14.9. The maximum Gasteiger partial charge on any atom is 0.416 e. The maximum atomic E-state index is 12.9. The minimum absolute atomic E-state index is 0.0782. The number of carbonyl (C=O) groups is 1. The number of nitrogens with one attached hydrogen (secondary N) is 1. The molecule has 0 unspecified atom stereocenters. The molecule has 3 rings (SSSR count). The van der Waals surface area contributed by atoms with E-state index >= 15 is 0 Å². The highest BCUT2D eigenvalue weighted by atomic mass is 35.5. The van der Waals surface area contributed by atoms with Crippen molar-refractivity contribution in [2.45, 2.75) is 12.6 Å². The molecule has 0 aliphatic carbocycles. The van der Waals surface area contributed by atoms with Gasteiger partial charge in [-0.3, -0.25) is 4.79 Å². The molecule has 0 spiro atoms. The van der Waals surface area contributed by atoms with E-state index in [1.54, 1.807) is 0 Å². The van der Waals surface area contributed by atoms with Crippen LogP contribution in [-0.2, 0) is 12.6 Å². The Balaban J connectivity index is 1.61. The Kier molecular flexibility index (Phi) is 5.69. The number of nitrogens with zero attached hydrogens (tertiary/aromatic N) is 1. The Bertz CT molecular complexity index is 984. The van der Waals surface area contributed by atoms with Crippen LogP contribution in [0.2, 0.25) is 5.02 Å². The monoisotopic (exact) mass is 412 g/mol. The summed E-state index contributed by atoms with van der Waals surface area (Å²) < 4.78 is 56.6. The maximum absolute atomic E-state index is 12.9. The number of amides is 1. The summed E-state index contributed by atoms with van der Waals surface area (Å²) in [6.07, 6.45) is -2.90. The molecule has 0 fully saturated rings. The van der Waals surface area contributed by atoms with Gasteiger partial charge in [0.15, 0.2) is 0 Å². The van der Waals surface area contributed by atoms with E-state index in [-0.39, 0.29) is 29.4 Å². The molecule has 1 N–H and O–H groups in total. The number of rotatable bonds is 5. The highest BCUT2D eigenvalue weighted by molar-refractivity contribution is 6.33. The molecule has 0 aliphatic heterocycles. The topological polar surface area (TPSA) is 55.1 Å². The van der Waals surface area contributed by atoms with Gasteiger partial charge in [0.1, 0.15) is 12.1 Å². The fourth-order valence-corrected chi connectivity index (χ4v) is 2.63. The van der Waals surface area contributed by atoms with Crippen molar-refractivity contribution in [3.05, 3.63) is 76.4 Å². The average molecular weight is 413 g/mol. The van der Waals surface area contributed by atoms with Gasteiger partial charge in [0, 0.05) is 18.5 Å². The van der Waals surface area contributed by atoms with Crippen LogP contribution in [0, 0.1) is 5.82 Å². The first-order chi connectivity index (χ1) is 13.2. The second-order valence-corrected chi connectivity index (χ2v) is 6.26. The van der Waals surface area contributed by atoms with Gasteiger partial charge >= 0.3 is 6.18 Å². The first-order valence-corrected chi connectivity index (χ1v) is 8.47. The van der Waals surface area contributed by atoms with Crippen LogP contribution in [0.5, 0.6) is 0 Å². The highest BCUT2D eigenvalue weighted by Gasteiger charge is 2.31. The zero-order chi connectivity index (χ0) is 20.3. The van der Waals surface area contributed by atoms with Crippen molar-refractivity contribution in [2.75, 3.05) is 6.54 Å². The van der Waals surface area contributed by atoms with Gasteiger partial charge in [-0.1, -0.05) is 11.6 Å². The number of carbonyl (C=O) groups excluding carboxylic acids is 1. The van der Waals surface area contributed by atoms with Crippen molar-refractivity contribution < 1.29 is 26.8 Å². The van der Waals surface area contributed by atoms with Gasteiger partial charge < -0.3 is 9.73 Å². The van der Waals surface area contributed by atoms with Crippen LogP contribution in [0.3, 0.4) is 0 Å². The third-order valence-corrected chi connectivity index (χ3v) is 4.18. The quantitative estimate of drug-likeness (QED) is 0.591. The average Bonchev–Trinajstić information content (AvgIpc) is 3.10. The summed E-state index contributed by atoms with van der Waals surface area (Å²) in [4.78, 5) is 16.4. The van der Waals surface area contributed by atoms with E-state index in [2.05, 4.69) is 10.3 Å². The van der Waals surface area contributed by atoms with Gasteiger partial charge in [-0.25, -0.2) is 9.37 Å². The standard InChI is InChI=1S/C19H13ClF4N2O2/c20-16-6-3-12(19(22,23)24)9-15(16)17(27)25-8-7-14-10-28-18(26-14)11-1-4-13(21)5-2-11/h1-6,9-10H,7-8H2,(H,25,27). The van der Waals surface area contributed by atoms with Crippen molar-refractivity contribution in [1.82, 2.24) is 10.3 Å². The van der Waals surface area contributed by atoms with Crippen molar-refractivity contribution in [2.24, 2.45) is 0 Å². The van der Waals surface area contributed by atoms with Crippen LogP contribution >= 0.6 is 11.6 Å². The lowest BCUT2D eigenvalue weighted by Gasteiger charge is -2.10. The van der Waals surface area contributed by atoms with Crippen molar-refractivity contribution >= 4 is 17.5 Å². The summed E-state index contributed by atoms with van der Waals surface area (Å²) >= 11 is 5.84. The largest absolute Gasteiger partial charge is 0.444 e. The Labute approximate surface area is 162 Å². The first kappa shape index (κ1) is 19.9. The Morgan fingerprint density at radius 1 is 1.14 bits per heavy atom. The molecule has 0 radical (unpaired) electrons. The normalized spacial score (nSPS) is 11.5. The molecule has 0 atom stereocenters. The summed E-state index contributed by atoms with van der Waals surface area (Å²) in [5.41, 5.74) is -0.103. The van der Waals surface area contributed by atoms with Crippen LogP contribution in [-0.4, -0.2) is 17.4 Å². The summed E-state index contributed by atoms with van der Waals surface area (Å²) in [6, 6.07) is 8.14. The Morgan fingerprint density at radius 3 is 2.54 bits per heavy atom. The van der Waals surface area contributed by atoms with Crippen LogP contribution in [0.15, 0.2) is 53.1 Å². The number of hydrogen-bond acceptors (Lipinski definition) is 3. The van der Waals surface area contributed by atoms with E-state index in [0.717, 1.165) is 12.1 Å². The molecular weight excluding hydrogens is 400 g/mol. The lowest BCUT2D eigenvalue weighted by Crippen LogP contribution is -2.26. The first-order valence-electron chi connectivity index (χ1n) is 8.09. The van der Waals surface area contributed by atoms with Crippen molar-refractivity contribution in [3.8, 4) is 11.5 Å². The molecule has 0 saturated heterocycles. The number of halogens is 5. The van der Waals surface area contributed by atoms with Crippen LogP contribution in [0.1, 0.15) is 21.6 Å². The Hall–Kier alpha value is -2.87. The van der Waals surface area contributed by atoms with Gasteiger partial charge in [0.2, 0.25) is 5.89 Å². The third-order valence-electron chi connectivity index (χ3n) is 3.85. The van der Waals surface area contributed by atoms with Gasteiger partial charge in [0.25, 0.3) is 5.91 Å². The smallest absolute Gasteiger partial charge is 0.416 e. The molecule has 0 aliphatic rings. The van der Waals surface area contributed by atoms with Gasteiger partial charge in [0.05, 0.1) is 21.8 Å². The number of benzene rings is 2. The predicted octanol–water partition coefficient (Wildman–Crippen LogP) is 5.13. The number of aromatic nitrogens is 1. The molecule has 2 aromatic carbocycles. The van der Waals surface area contributed by atoms with Crippen molar-refractivity contribution in [1.29, 1.82) is 0 Å². The third kappa shape index (κ3) is 4.69. The lowest BCUT2D eigenvalue weighted by molar-refractivity contribution is -0.137. The van der Waals surface area contributed by atoms with Gasteiger partial charge in [-0.2, -0.15) is 13.2 Å². The molecule has 3 aromatic rings. The summed E-state index contributed by atoms with van der Waals surface area (Å²) in [5, 5.41) is 2.42. The van der Waals surface area contributed by atoms with Crippen molar-refractivity contribution in [3.63, 3.8) is 0 Å².